The summed E-state index contributed by atoms with van der Waals surface area (Å²) >= 11 is 0. The quantitative estimate of drug-likeness (QED) is 0.271. The highest BCUT2D eigenvalue weighted by atomic mass is 19.4. The van der Waals surface area contributed by atoms with Gasteiger partial charge in [-0.05, 0) is 66.6 Å². The fourth-order valence-electron chi connectivity index (χ4n) is 5.92. The number of nitrogens with one attached hydrogen (secondary N) is 1. The van der Waals surface area contributed by atoms with Crippen molar-refractivity contribution in [2.45, 2.75) is 43.9 Å². The summed E-state index contributed by atoms with van der Waals surface area (Å²) in [5.74, 6) is -4.24. The lowest BCUT2D eigenvalue weighted by atomic mass is 9.94. The van der Waals surface area contributed by atoms with Crippen LogP contribution in [0.15, 0.2) is 54.7 Å². The summed E-state index contributed by atoms with van der Waals surface area (Å²) in [6.07, 6.45) is -2.44. The monoisotopic (exact) mass is 599 g/mol. The Morgan fingerprint density at radius 1 is 1.07 bits per heavy atom. The molecule has 0 saturated heterocycles. The number of pyridine rings is 1. The van der Waals surface area contributed by atoms with Gasteiger partial charge in [0.2, 0.25) is 5.91 Å². The second-order valence-corrected chi connectivity index (χ2v) is 10.8. The van der Waals surface area contributed by atoms with Crippen LogP contribution < -0.4 is 11.1 Å². The van der Waals surface area contributed by atoms with Crippen molar-refractivity contribution in [2.75, 3.05) is 0 Å². The van der Waals surface area contributed by atoms with Crippen molar-refractivity contribution in [1.29, 1.82) is 0 Å². The Bertz CT molecular complexity index is 1750. The maximum atomic E-state index is 14.2. The molecule has 13 heteroatoms. The highest BCUT2D eigenvalue weighted by Gasteiger charge is 2.53. The topological polar surface area (TPSA) is 103 Å². The van der Waals surface area contributed by atoms with Gasteiger partial charge in [-0.2, -0.15) is 18.3 Å². The third-order valence-electron chi connectivity index (χ3n) is 7.80. The number of aromatic nitrogens is 3. The van der Waals surface area contributed by atoms with E-state index >= 15 is 0 Å². The smallest absolute Gasteiger partial charge is 0.366 e. The van der Waals surface area contributed by atoms with Crippen LogP contribution in [0.5, 0.6) is 0 Å². The molecule has 7 nitrogen and oxygen atoms in total. The summed E-state index contributed by atoms with van der Waals surface area (Å²) in [7, 11) is 0. The molecule has 2 aromatic heterocycles. The summed E-state index contributed by atoms with van der Waals surface area (Å²) < 4.78 is 84.5. The van der Waals surface area contributed by atoms with Crippen molar-refractivity contribution in [3.05, 3.63) is 106 Å². The standard InChI is InChI=1S/C30H23F6N5O2/c31-17-6-14(7-18(32)12-17)8-24(26-19(2-1-5-38-26)15-3-4-23(33)21(9-15)29(37)43)39-25(42)13-41-27-20-10-16(20)11-22(27)28(40-41)30(34,35)36/h1-7,9,12,16,20,24H,8,10-11,13H2,(H2,37,43)(H,39,42)/t16?,20?,24-/m0/s1. The van der Waals surface area contributed by atoms with E-state index in [0.29, 0.717) is 22.9 Å². The van der Waals surface area contributed by atoms with Crippen molar-refractivity contribution < 1.29 is 35.9 Å². The van der Waals surface area contributed by atoms with Crippen molar-refractivity contribution in [3.8, 4) is 11.1 Å². The molecule has 2 amide bonds. The van der Waals surface area contributed by atoms with Gasteiger partial charge < -0.3 is 11.1 Å². The molecule has 4 aromatic rings. The van der Waals surface area contributed by atoms with Gasteiger partial charge in [0.1, 0.15) is 24.0 Å². The molecule has 1 saturated carbocycles. The molecule has 2 unspecified atom stereocenters. The first kappa shape index (κ1) is 28.4. The van der Waals surface area contributed by atoms with Crippen molar-refractivity contribution in [1.82, 2.24) is 20.1 Å². The van der Waals surface area contributed by atoms with E-state index in [-0.39, 0.29) is 47.1 Å². The lowest BCUT2D eigenvalue weighted by Crippen LogP contribution is -2.34. The summed E-state index contributed by atoms with van der Waals surface area (Å²) in [4.78, 5) is 29.6. The average molecular weight is 600 g/mol. The van der Waals surface area contributed by atoms with Crippen molar-refractivity contribution >= 4 is 11.8 Å². The first-order chi connectivity index (χ1) is 20.4. The van der Waals surface area contributed by atoms with Gasteiger partial charge in [0.05, 0.1) is 17.3 Å². The number of benzene rings is 2. The number of amides is 2. The zero-order chi connectivity index (χ0) is 30.6. The van der Waals surface area contributed by atoms with Gasteiger partial charge in [-0.3, -0.25) is 19.3 Å². The second-order valence-electron chi connectivity index (χ2n) is 10.8. The maximum absolute atomic E-state index is 14.2. The number of hydrogen-bond donors (Lipinski definition) is 2. The van der Waals surface area contributed by atoms with Gasteiger partial charge in [0.25, 0.3) is 5.91 Å². The predicted octanol–water partition coefficient (Wildman–Crippen LogP) is 5.24. The Kier molecular flexibility index (Phi) is 6.98. The fraction of sp³-hybridized carbons (Fsp3) is 0.267. The summed E-state index contributed by atoms with van der Waals surface area (Å²) in [6.45, 7) is -0.528. The molecule has 0 spiro atoms. The Balaban J connectivity index is 1.36. The minimum absolute atomic E-state index is 0.0854. The first-order valence-electron chi connectivity index (χ1n) is 13.3. The summed E-state index contributed by atoms with van der Waals surface area (Å²) in [5.41, 5.74) is 5.48. The number of rotatable bonds is 8. The van der Waals surface area contributed by atoms with Crippen LogP contribution in [0.3, 0.4) is 0 Å². The molecule has 0 bridgehead atoms. The number of fused-ring (bicyclic) bond motifs is 3. The highest BCUT2D eigenvalue weighted by Crippen LogP contribution is 2.58. The zero-order valence-corrected chi connectivity index (χ0v) is 22.3. The lowest BCUT2D eigenvalue weighted by molar-refractivity contribution is -0.142. The van der Waals surface area contributed by atoms with E-state index in [1.54, 1.807) is 12.1 Å². The number of halogens is 6. The third-order valence-corrected chi connectivity index (χ3v) is 7.80. The minimum Gasteiger partial charge on any atom is -0.366 e. The van der Waals surface area contributed by atoms with Gasteiger partial charge in [0.15, 0.2) is 5.69 Å². The van der Waals surface area contributed by atoms with E-state index in [9.17, 15) is 35.9 Å². The molecular weight excluding hydrogens is 576 g/mol. The SMILES string of the molecule is NC(=O)c1cc(-c2cccnc2[C@H](Cc2cc(F)cc(F)c2)NC(=O)Cn2nc(C(F)(F)F)c3c2C2CC2C3)ccc1F. The van der Waals surface area contributed by atoms with E-state index < -0.39 is 53.7 Å². The molecule has 2 aliphatic rings. The number of carbonyl (C=O) groups is 2. The molecule has 3 N–H and O–H groups in total. The average Bonchev–Trinajstić information content (AvgIpc) is 3.43. The predicted molar refractivity (Wildman–Crippen MR) is 141 cm³/mol. The number of carbonyl (C=O) groups excluding carboxylic acids is 2. The lowest BCUT2D eigenvalue weighted by Gasteiger charge is -2.22. The van der Waals surface area contributed by atoms with Crippen LogP contribution in [0.4, 0.5) is 26.3 Å². The largest absolute Gasteiger partial charge is 0.435 e. The minimum atomic E-state index is -4.67. The maximum Gasteiger partial charge on any atom is 0.435 e. The van der Waals surface area contributed by atoms with Crippen LogP contribution in [-0.2, 0) is 30.4 Å². The molecule has 0 radical (unpaired) electrons. The van der Waals surface area contributed by atoms with Gasteiger partial charge in [-0.15, -0.1) is 0 Å². The molecule has 3 atom stereocenters. The Labute approximate surface area is 240 Å². The van der Waals surface area contributed by atoms with Crippen LogP contribution in [0.1, 0.15) is 56.9 Å². The van der Waals surface area contributed by atoms with E-state index in [2.05, 4.69) is 15.4 Å². The van der Waals surface area contributed by atoms with Crippen LogP contribution in [0.2, 0.25) is 0 Å². The van der Waals surface area contributed by atoms with Crippen molar-refractivity contribution in [3.63, 3.8) is 0 Å². The second kappa shape index (κ2) is 10.5. The fourth-order valence-corrected chi connectivity index (χ4v) is 5.92. The van der Waals surface area contributed by atoms with Crippen LogP contribution in [0.25, 0.3) is 11.1 Å². The molecule has 222 valence electrons. The normalized spacial score (nSPS) is 17.7. The number of hydrogen-bond acceptors (Lipinski definition) is 4. The highest BCUT2D eigenvalue weighted by molar-refractivity contribution is 5.94. The molecule has 6 rings (SSSR count). The number of nitrogens with zero attached hydrogens (tertiary/aromatic N) is 3. The van der Waals surface area contributed by atoms with Gasteiger partial charge in [-0.25, -0.2) is 13.2 Å². The van der Waals surface area contributed by atoms with E-state index in [1.807, 2.05) is 0 Å². The molecular formula is C30H23F6N5O2. The first-order valence-corrected chi connectivity index (χ1v) is 13.3. The third kappa shape index (κ3) is 5.58. The Hall–Kier alpha value is -4.68. The number of primary amides is 1. The zero-order valence-electron chi connectivity index (χ0n) is 22.3. The van der Waals surface area contributed by atoms with E-state index in [0.717, 1.165) is 29.3 Å². The molecule has 0 aliphatic heterocycles. The van der Waals surface area contributed by atoms with Gasteiger partial charge >= 0.3 is 6.18 Å². The number of alkyl halides is 3. The van der Waals surface area contributed by atoms with Crippen LogP contribution >= 0.6 is 0 Å². The Morgan fingerprint density at radius 3 is 2.51 bits per heavy atom. The molecule has 1 fully saturated rings. The molecule has 2 aromatic carbocycles. The number of nitrogens with two attached hydrogens (primary N) is 1. The Morgan fingerprint density at radius 2 is 1.81 bits per heavy atom. The van der Waals surface area contributed by atoms with Crippen LogP contribution in [-0.4, -0.2) is 26.6 Å². The summed E-state index contributed by atoms with van der Waals surface area (Å²) in [6, 6.07) is 8.59. The van der Waals surface area contributed by atoms with Crippen LogP contribution in [0, 0.1) is 23.4 Å². The molecule has 2 aliphatic carbocycles. The summed E-state index contributed by atoms with van der Waals surface area (Å²) in [5, 5.41) is 6.49. The van der Waals surface area contributed by atoms with E-state index in [1.165, 1.54) is 18.3 Å². The van der Waals surface area contributed by atoms with Gasteiger partial charge in [0, 0.05) is 35.0 Å². The molecule has 43 heavy (non-hydrogen) atoms. The van der Waals surface area contributed by atoms with Crippen molar-refractivity contribution in [2.24, 2.45) is 11.7 Å². The van der Waals surface area contributed by atoms with E-state index in [4.69, 9.17) is 5.73 Å². The van der Waals surface area contributed by atoms with Gasteiger partial charge in [-0.1, -0.05) is 12.1 Å². The molecule has 2 heterocycles.